The van der Waals surface area contributed by atoms with Gasteiger partial charge in [0, 0.05) is 12.4 Å². The van der Waals surface area contributed by atoms with Crippen molar-refractivity contribution in [3.8, 4) is 0 Å². The van der Waals surface area contributed by atoms with E-state index >= 15 is 0 Å². The molecule has 0 unspecified atom stereocenters. The number of halogens is 1. The first-order chi connectivity index (χ1) is 6.33. The third-order valence-electron chi connectivity index (χ3n) is 1.95. The van der Waals surface area contributed by atoms with Crippen molar-refractivity contribution in [2.24, 2.45) is 0 Å². The van der Waals surface area contributed by atoms with Crippen LogP contribution in [0.3, 0.4) is 0 Å². The quantitative estimate of drug-likeness (QED) is 0.716. The molecule has 2 aromatic rings. The maximum Gasteiger partial charge on any atom is 0.117 e. The zero-order valence-electron chi connectivity index (χ0n) is 7.16. The lowest BCUT2D eigenvalue weighted by Crippen LogP contribution is -1.91. The number of hydrogen-bond donors (Lipinski definition) is 0. The van der Waals surface area contributed by atoms with E-state index in [9.17, 15) is 0 Å². The minimum absolute atomic E-state index is 0.806. The van der Waals surface area contributed by atoms with Crippen molar-refractivity contribution in [2.75, 3.05) is 0 Å². The number of pyridine rings is 1. The summed E-state index contributed by atoms with van der Waals surface area (Å²) in [5, 5.41) is 0.974. The highest BCUT2D eigenvalue weighted by atomic mass is 79.9. The summed E-state index contributed by atoms with van der Waals surface area (Å²) in [6, 6.07) is 0. The maximum absolute atomic E-state index is 4.23. The topological polar surface area (TPSA) is 38.7 Å². The first-order valence-corrected chi connectivity index (χ1v) is 4.85. The first-order valence-electron chi connectivity index (χ1n) is 4.06. The lowest BCUT2D eigenvalue weighted by Gasteiger charge is -2.02. The van der Waals surface area contributed by atoms with Gasteiger partial charge in [0.15, 0.2) is 0 Å². The standard InChI is InChI=1S/C9H8BrN3/c1-2-6-3-12-9(10)7-4-11-5-13-8(6)7/h3-5H,2H2,1H3. The highest BCUT2D eigenvalue weighted by Gasteiger charge is 2.04. The predicted molar refractivity (Wildman–Crippen MR) is 54.4 cm³/mol. The van der Waals surface area contributed by atoms with Crippen LogP contribution in [0, 0.1) is 0 Å². The second-order valence-electron chi connectivity index (χ2n) is 2.71. The molecule has 0 aliphatic heterocycles. The van der Waals surface area contributed by atoms with Crippen LogP contribution in [0.2, 0.25) is 0 Å². The number of aryl methyl sites for hydroxylation is 1. The molecule has 0 amide bonds. The van der Waals surface area contributed by atoms with Gasteiger partial charge in [-0.1, -0.05) is 6.92 Å². The van der Waals surface area contributed by atoms with E-state index in [1.54, 1.807) is 12.5 Å². The number of fused-ring (bicyclic) bond motifs is 1. The van der Waals surface area contributed by atoms with Gasteiger partial charge in [-0.15, -0.1) is 0 Å². The SMILES string of the molecule is CCc1cnc(Br)c2cncnc12. The van der Waals surface area contributed by atoms with Gasteiger partial charge in [-0.2, -0.15) is 0 Å². The normalized spacial score (nSPS) is 10.6. The van der Waals surface area contributed by atoms with Gasteiger partial charge in [0.05, 0.1) is 10.9 Å². The van der Waals surface area contributed by atoms with Gasteiger partial charge in [-0.25, -0.2) is 15.0 Å². The fourth-order valence-electron chi connectivity index (χ4n) is 1.26. The van der Waals surface area contributed by atoms with Crippen LogP contribution in [0.5, 0.6) is 0 Å². The molecule has 2 heterocycles. The fraction of sp³-hybridized carbons (Fsp3) is 0.222. The summed E-state index contributed by atoms with van der Waals surface area (Å²) in [7, 11) is 0. The van der Waals surface area contributed by atoms with Crippen molar-refractivity contribution in [1.82, 2.24) is 15.0 Å². The van der Waals surface area contributed by atoms with Crippen molar-refractivity contribution >= 4 is 26.8 Å². The lowest BCUT2D eigenvalue weighted by molar-refractivity contribution is 1.09. The van der Waals surface area contributed by atoms with Crippen molar-refractivity contribution < 1.29 is 0 Å². The van der Waals surface area contributed by atoms with E-state index in [0.717, 1.165) is 27.5 Å². The van der Waals surface area contributed by atoms with Crippen LogP contribution in [0.25, 0.3) is 10.9 Å². The molecule has 4 heteroatoms. The number of hydrogen-bond acceptors (Lipinski definition) is 3. The molecule has 0 aliphatic carbocycles. The summed E-state index contributed by atoms with van der Waals surface area (Å²) in [5.74, 6) is 0. The molecule has 0 radical (unpaired) electrons. The molecule has 0 spiro atoms. The molecule has 2 aromatic heterocycles. The highest BCUT2D eigenvalue weighted by Crippen LogP contribution is 2.21. The number of rotatable bonds is 1. The summed E-state index contributed by atoms with van der Waals surface area (Å²) in [6.45, 7) is 2.09. The fourth-order valence-corrected chi connectivity index (χ4v) is 1.65. The Hall–Kier alpha value is -1.03. The van der Waals surface area contributed by atoms with Crippen molar-refractivity contribution in [1.29, 1.82) is 0 Å². The zero-order valence-corrected chi connectivity index (χ0v) is 8.74. The van der Waals surface area contributed by atoms with E-state index in [1.807, 2.05) is 6.20 Å². The molecule has 0 atom stereocenters. The Morgan fingerprint density at radius 1 is 1.31 bits per heavy atom. The van der Waals surface area contributed by atoms with Crippen LogP contribution in [-0.2, 0) is 6.42 Å². The summed E-state index contributed by atoms with van der Waals surface area (Å²) < 4.78 is 0.806. The Morgan fingerprint density at radius 3 is 2.92 bits per heavy atom. The molecule has 13 heavy (non-hydrogen) atoms. The van der Waals surface area contributed by atoms with E-state index in [4.69, 9.17) is 0 Å². The van der Waals surface area contributed by atoms with E-state index in [-0.39, 0.29) is 0 Å². The van der Waals surface area contributed by atoms with Crippen LogP contribution in [0.4, 0.5) is 0 Å². The zero-order chi connectivity index (χ0) is 9.26. The second kappa shape index (κ2) is 3.38. The highest BCUT2D eigenvalue weighted by molar-refractivity contribution is 9.10. The van der Waals surface area contributed by atoms with Crippen LogP contribution in [0.1, 0.15) is 12.5 Å². The minimum Gasteiger partial charge on any atom is -0.248 e. The van der Waals surface area contributed by atoms with Gasteiger partial charge in [0.25, 0.3) is 0 Å². The molecule has 0 N–H and O–H groups in total. The molecular formula is C9H8BrN3. The molecule has 3 nitrogen and oxygen atoms in total. The second-order valence-corrected chi connectivity index (χ2v) is 3.46. The van der Waals surface area contributed by atoms with Gasteiger partial charge in [-0.3, -0.25) is 0 Å². The Morgan fingerprint density at radius 2 is 2.15 bits per heavy atom. The smallest absolute Gasteiger partial charge is 0.117 e. The third kappa shape index (κ3) is 1.42. The van der Waals surface area contributed by atoms with Gasteiger partial charge < -0.3 is 0 Å². The van der Waals surface area contributed by atoms with E-state index in [2.05, 4.69) is 37.8 Å². The minimum atomic E-state index is 0.806. The summed E-state index contributed by atoms with van der Waals surface area (Å²) in [5.41, 5.74) is 2.14. The van der Waals surface area contributed by atoms with Crippen LogP contribution < -0.4 is 0 Å². The number of aromatic nitrogens is 3. The summed E-state index contributed by atoms with van der Waals surface area (Å²) in [4.78, 5) is 12.4. The average Bonchev–Trinajstić information content (AvgIpc) is 2.19. The maximum atomic E-state index is 4.23. The van der Waals surface area contributed by atoms with E-state index in [0.29, 0.717) is 0 Å². The monoisotopic (exact) mass is 237 g/mol. The Balaban J connectivity index is 2.84. The molecule has 0 aromatic carbocycles. The van der Waals surface area contributed by atoms with E-state index < -0.39 is 0 Å². The summed E-state index contributed by atoms with van der Waals surface area (Å²) in [6.07, 6.45) is 6.12. The molecule has 0 saturated carbocycles. The van der Waals surface area contributed by atoms with Crippen LogP contribution >= 0.6 is 15.9 Å². The van der Waals surface area contributed by atoms with Crippen molar-refractivity contribution in [3.63, 3.8) is 0 Å². The third-order valence-corrected chi connectivity index (χ3v) is 2.59. The molecule has 0 aliphatic rings. The first kappa shape index (κ1) is 8.56. The molecule has 0 fully saturated rings. The molecule has 66 valence electrons. The Bertz CT molecular complexity index is 442. The number of nitrogens with zero attached hydrogens (tertiary/aromatic N) is 3. The molecule has 0 saturated heterocycles. The Labute approximate surface area is 84.4 Å². The van der Waals surface area contributed by atoms with Crippen molar-refractivity contribution in [2.45, 2.75) is 13.3 Å². The predicted octanol–water partition coefficient (Wildman–Crippen LogP) is 2.35. The average molecular weight is 238 g/mol. The lowest BCUT2D eigenvalue weighted by atomic mass is 10.2. The van der Waals surface area contributed by atoms with Gasteiger partial charge in [-0.05, 0) is 27.9 Å². The van der Waals surface area contributed by atoms with Crippen LogP contribution in [-0.4, -0.2) is 15.0 Å². The van der Waals surface area contributed by atoms with Gasteiger partial charge in [0.1, 0.15) is 10.9 Å². The largest absolute Gasteiger partial charge is 0.248 e. The van der Waals surface area contributed by atoms with Crippen molar-refractivity contribution in [3.05, 3.63) is 28.9 Å². The van der Waals surface area contributed by atoms with E-state index in [1.165, 1.54) is 0 Å². The Kier molecular flexibility index (Phi) is 2.22. The molecule has 2 rings (SSSR count). The van der Waals surface area contributed by atoms with Gasteiger partial charge >= 0.3 is 0 Å². The van der Waals surface area contributed by atoms with Gasteiger partial charge in [0.2, 0.25) is 0 Å². The molecule has 0 bridgehead atoms. The molecular weight excluding hydrogens is 230 g/mol. The van der Waals surface area contributed by atoms with Crippen LogP contribution in [0.15, 0.2) is 23.3 Å². The summed E-state index contributed by atoms with van der Waals surface area (Å²) >= 11 is 3.37.